The van der Waals surface area contributed by atoms with Crippen molar-refractivity contribution in [3.8, 4) is 0 Å². The quantitative estimate of drug-likeness (QED) is 0.783. The summed E-state index contributed by atoms with van der Waals surface area (Å²) in [5.41, 5.74) is 0.977. The Balaban J connectivity index is 2.57. The second-order valence-corrected chi connectivity index (χ2v) is 3.35. The van der Waals surface area contributed by atoms with Gasteiger partial charge in [-0.25, -0.2) is 4.98 Å². The van der Waals surface area contributed by atoms with Gasteiger partial charge in [0.25, 0.3) is 0 Å². The minimum Gasteiger partial charge on any atom is -0.313 e. The van der Waals surface area contributed by atoms with Gasteiger partial charge in [-0.3, -0.25) is 14.2 Å². The summed E-state index contributed by atoms with van der Waals surface area (Å²) < 4.78 is 1.62. The number of likely N-dealkylation sites (N-methyl/N-ethyl adjacent to an activating group) is 1. The molecule has 0 aliphatic carbocycles. The van der Waals surface area contributed by atoms with Crippen molar-refractivity contribution in [2.24, 2.45) is 0 Å². The highest BCUT2D eigenvalue weighted by Crippen LogP contribution is 2.15. The molecule has 0 radical (unpaired) electrons. The van der Waals surface area contributed by atoms with Crippen LogP contribution in [0, 0.1) is 0 Å². The zero-order valence-electron chi connectivity index (χ0n) is 8.07. The van der Waals surface area contributed by atoms with Gasteiger partial charge in [-0.05, 0) is 18.6 Å². The van der Waals surface area contributed by atoms with Gasteiger partial charge in [-0.2, -0.15) is 0 Å². The van der Waals surface area contributed by atoms with Crippen molar-refractivity contribution in [3.05, 3.63) is 29.6 Å². The van der Waals surface area contributed by atoms with Crippen molar-refractivity contribution in [3.63, 3.8) is 0 Å². The fourth-order valence-corrected chi connectivity index (χ4v) is 1.58. The Labute approximate surface area is 91.1 Å². The van der Waals surface area contributed by atoms with Crippen LogP contribution in [0.5, 0.6) is 0 Å². The minimum absolute atomic E-state index is 0.102. The lowest BCUT2D eigenvalue weighted by molar-refractivity contribution is 0.0991. The zero-order valence-corrected chi connectivity index (χ0v) is 8.82. The molecule has 0 fully saturated rings. The summed E-state index contributed by atoms with van der Waals surface area (Å²) in [5, 5.41) is 3.05. The molecule has 78 valence electrons. The number of rotatable bonds is 3. The molecule has 2 heterocycles. The van der Waals surface area contributed by atoms with E-state index in [0.29, 0.717) is 11.2 Å². The molecule has 2 aromatic heterocycles. The summed E-state index contributed by atoms with van der Waals surface area (Å²) in [4.78, 5) is 19.6. The van der Waals surface area contributed by atoms with E-state index in [9.17, 15) is 4.79 Å². The zero-order chi connectivity index (χ0) is 10.8. The maximum atomic E-state index is 11.6. The molecule has 15 heavy (non-hydrogen) atoms. The summed E-state index contributed by atoms with van der Waals surface area (Å²) in [6.07, 6.45) is 4.83. The fourth-order valence-electron chi connectivity index (χ4n) is 1.35. The van der Waals surface area contributed by atoms with E-state index in [2.05, 4.69) is 15.3 Å². The lowest BCUT2D eigenvalue weighted by atomic mass is 10.2. The second-order valence-electron chi connectivity index (χ2n) is 3.01. The molecule has 0 saturated carbocycles. The van der Waals surface area contributed by atoms with Crippen molar-refractivity contribution >= 4 is 22.9 Å². The maximum absolute atomic E-state index is 11.6. The van der Waals surface area contributed by atoms with E-state index in [-0.39, 0.29) is 17.6 Å². The highest BCUT2D eigenvalue weighted by atomic mass is 35.5. The lowest BCUT2D eigenvalue weighted by Crippen LogP contribution is -2.19. The van der Waals surface area contributed by atoms with E-state index in [4.69, 9.17) is 11.6 Å². The van der Waals surface area contributed by atoms with Gasteiger partial charge in [0.1, 0.15) is 5.69 Å². The number of imidazole rings is 1. The molecule has 0 atom stereocenters. The SMILES string of the molecule is CNCC(=O)c1nc(Cl)n2ccncc12. The average molecular weight is 225 g/mol. The highest BCUT2D eigenvalue weighted by molar-refractivity contribution is 6.29. The van der Waals surface area contributed by atoms with Crippen LogP contribution in [-0.4, -0.2) is 33.7 Å². The number of carbonyl (C=O) groups excluding carboxylic acids is 1. The van der Waals surface area contributed by atoms with Crippen LogP contribution in [0.4, 0.5) is 0 Å². The van der Waals surface area contributed by atoms with Crippen molar-refractivity contribution in [1.82, 2.24) is 19.7 Å². The molecule has 2 rings (SSSR count). The van der Waals surface area contributed by atoms with Crippen LogP contribution < -0.4 is 5.32 Å². The maximum Gasteiger partial charge on any atom is 0.208 e. The van der Waals surface area contributed by atoms with Gasteiger partial charge in [0.2, 0.25) is 5.28 Å². The Hall–Kier alpha value is -1.46. The number of Topliss-reactive ketones (excluding diaryl/α,β-unsaturated/α-hetero) is 1. The highest BCUT2D eigenvalue weighted by Gasteiger charge is 2.15. The first-order valence-corrected chi connectivity index (χ1v) is 4.77. The molecular weight excluding hydrogens is 216 g/mol. The summed E-state index contributed by atoms with van der Waals surface area (Å²) in [6, 6.07) is 0. The average Bonchev–Trinajstić information content (AvgIpc) is 2.58. The molecule has 0 spiro atoms. The first kappa shape index (κ1) is 10.1. The van der Waals surface area contributed by atoms with Gasteiger partial charge in [0.15, 0.2) is 5.78 Å². The summed E-state index contributed by atoms with van der Waals surface area (Å²) in [7, 11) is 1.70. The van der Waals surface area contributed by atoms with Crippen LogP contribution in [0.3, 0.4) is 0 Å². The number of hydrogen-bond acceptors (Lipinski definition) is 4. The van der Waals surface area contributed by atoms with E-state index in [0.717, 1.165) is 0 Å². The molecule has 0 unspecified atom stereocenters. The third-order valence-corrected chi connectivity index (χ3v) is 2.27. The Bertz CT molecular complexity index is 508. The van der Waals surface area contributed by atoms with Crippen LogP contribution >= 0.6 is 11.6 Å². The summed E-state index contributed by atoms with van der Waals surface area (Å²) in [5.74, 6) is -0.102. The van der Waals surface area contributed by atoms with E-state index in [1.807, 2.05) is 0 Å². The van der Waals surface area contributed by atoms with Crippen LogP contribution in [0.2, 0.25) is 5.28 Å². The van der Waals surface area contributed by atoms with Gasteiger partial charge in [-0.1, -0.05) is 0 Å². The van der Waals surface area contributed by atoms with E-state index >= 15 is 0 Å². The van der Waals surface area contributed by atoms with Crippen LogP contribution in [-0.2, 0) is 0 Å². The van der Waals surface area contributed by atoms with Gasteiger partial charge < -0.3 is 5.32 Å². The number of aromatic nitrogens is 3. The molecule has 0 aromatic carbocycles. The predicted octanol–water partition coefficient (Wildman–Crippen LogP) is 0.785. The Morgan fingerprint density at radius 3 is 3.20 bits per heavy atom. The van der Waals surface area contributed by atoms with E-state index in [1.54, 1.807) is 30.0 Å². The first-order valence-electron chi connectivity index (χ1n) is 4.39. The number of hydrogen-bond donors (Lipinski definition) is 1. The van der Waals surface area contributed by atoms with Gasteiger partial charge in [-0.15, -0.1) is 0 Å². The van der Waals surface area contributed by atoms with Crippen LogP contribution in [0.1, 0.15) is 10.5 Å². The topological polar surface area (TPSA) is 59.3 Å². The molecule has 0 saturated heterocycles. The van der Waals surface area contributed by atoms with Crippen molar-refractivity contribution in [2.75, 3.05) is 13.6 Å². The molecule has 0 aliphatic heterocycles. The number of nitrogens with zero attached hydrogens (tertiary/aromatic N) is 3. The van der Waals surface area contributed by atoms with Gasteiger partial charge in [0, 0.05) is 12.4 Å². The van der Waals surface area contributed by atoms with Crippen molar-refractivity contribution in [1.29, 1.82) is 0 Å². The number of carbonyl (C=O) groups is 1. The minimum atomic E-state index is -0.102. The third-order valence-electron chi connectivity index (χ3n) is 2.01. The monoisotopic (exact) mass is 224 g/mol. The molecule has 0 bridgehead atoms. The normalized spacial score (nSPS) is 10.8. The molecular formula is C9H9ClN4O. The van der Waals surface area contributed by atoms with Crippen LogP contribution in [0.25, 0.3) is 5.52 Å². The summed E-state index contributed by atoms with van der Waals surface area (Å²) >= 11 is 5.87. The molecule has 5 nitrogen and oxygen atoms in total. The van der Waals surface area contributed by atoms with Gasteiger partial charge in [0.05, 0.1) is 18.3 Å². The number of nitrogens with one attached hydrogen (secondary N) is 1. The second kappa shape index (κ2) is 3.96. The Morgan fingerprint density at radius 2 is 2.47 bits per heavy atom. The fraction of sp³-hybridized carbons (Fsp3) is 0.222. The number of halogens is 1. The third kappa shape index (κ3) is 1.71. The Morgan fingerprint density at radius 1 is 1.67 bits per heavy atom. The first-order chi connectivity index (χ1) is 7.24. The molecule has 2 aromatic rings. The number of ketones is 1. The smallest absolute Gasteiger partial charge is 0.208 e. The summed E-state index contributed by atoms with van der Waals surface area (Å²) in [6.45, 7) is 0.234. The predicted molar refractivity (Wildman–Crippen MR) is 56.3 cm³/mol. The van der Waals surface area contributed by atoms with E-state index in [1.165, 1.54) is 0 Å². The van der Waals surface area contributed by atoms with Gasteiger partial charge >= 0.3 is 0 Å². The van der Waals surface area contributed by atoms with Crippen molar-refractivity contribution < 1.29 is 4.79 Å². The Kier molecular flexibility index (Phi) is 2.66. The van der Waals surface area contributed by atoms with Crippen LogP contribution in [0.15, 0.2) is 18.6 Å². The number of fused-ring (bicyclic) bond motifs is 1. The van der Waals surface area contributed by atoms with E-state index < -0.39 is 0 Å². The standard InChI is InChI=1S/C9H9ClN4O/c1-11-5-7(15)8-6-4-12-2-3-14(6)9(10)13-8/h2-4,11H,5H2,1H3. The lowest BCUT2D eigenvalue weighted by Gasteiger charge is -1.96. The van der Waals surface area contributed by atoms with Crippen molar-refractivity contribution in [2.45, 2.75) is 0 Å². The molecule has 1 N–H and O–H groups in total. The molecule has 0 amide bonds. The molecule has 6 heteroatoms. The molecule has 0 aliphatic rings. The largest absolute Gasteiger partial charge is 0.313 e.